The summed E-state index contributed by atoms with van der Waals surface area (Å²) < 4.78 is 22.3. The van der Waals surface area contributed by atoms with Crippen LogP contribution in [-0.2, 0) is 17.7 Å². The second-order valence-corrected chi connectivity index (χ2v) is 9.38. The molecule has 1 saturated heterocycles. The normalized spacial score (nSPS) is 14.9. The Bertz CT molecular complexity index is 1270. The van der Waals surface area contributed by atoms with Gasteiger partial charge in [-0.25, -0.2) is 0 Å². The van der Waals surface area contributed by atoms with E-state index >= 15 is 0 Å². The minimum absolute atomic E-state index is 0.0923. The van der Waals surface area contributed by atoms with Crippen LogP contribution in [-0.4, -0.2) is 61.6 Å². The molecule has 2 heterocycles. The van der Waals surface area contributed by atoms with Crippen LogP contribution in [0.3, 0.4) is 0 Å². The first-order chi connectivity index (χ1) is 18.0. The lowest BCUT2D eigenvalue weighted by atomic mass is 10.1. The van der Waals surface area contributed by atoms with Crippen LogP contribution in [0.15, 0.2) is 47.3 Å². The van der Waals surface area contributed by atoms with Gasteiger partial charge < -0.3 is 34.1 Å². The predicted molar refractivity (Wildman–Crippen MR) is 149 cm³/mol. The molecule has 0 amide bonds. The number of pyridine rings is 1. The Hall–Kier alpha value is -3.30. The van der Waals surface area contributed by atoms with Gasteiger partial charge in [-0.2, -0.15) is 0 Å². The lowest BCUT2D eigenvalue weighted by molar-refractivity contribution is 0.0897. The number of aromatic nitrogens is 1. The zero-order valence-corrected chi connectivity index (χ0v) is 22.5. The molecule has 1 aliphatic rings. The van der Waals surface area contributed by atoms with Crippen LogP contribution in [0.1, 0.15) is 30.9 Å². The smallest absolute Gasteiger partial charge is 0.253 e. The molecule has 0 unspecified atom stereocenters. The van der Waals surface area contributed by atoms with Gasteiger partial charge in [0.1, 0.15) is 5.75 Å². The third-order valence-electron chi connectivity index (χ3n) is 6.44. The molecule has 0 spiro atoms. The fourth-order valence-corrected chi connectivity index (χ4v) is 4.77. The van der Waals surface area contributed by atoms with E-state index in [1.165, 1.54) is 0 Å². The van der Waals surface area contributed by atoms with Crippen molar-refractivity contribution < 1.29 is 18.9 Å². The first kappa shape index (κ1) is 26.8. The van der Waals surface area contributed by atoms with Crippen LogP contribution in [0.5, 0.6) is 17.2 Å². The van der Waals surface area contributed by atoms with Crippen LogP contribution in [0, 0.1) is 0 Å². The maximum absolute atomic E-state index is 12.9. The number of aromatic amines is 1. The summed E-state index contributed by atoms with van der Waals surface area (Å²) in [6.45, 7) is 4.94. The van der Waals surface area contributed by atoms with Gasteiger partial charge in [-0.15, -0.1) is 0 Å². The topological polar surface area (TPSA) is 85.1 Å². The van der Waals surface area contributed by atoms with Crippen molar-refractivity contribution in [3.63, 3.8) is 0 Å². The lowest BCUT2D eigenvalue weighted by Gasteiger charge is -2.28. The molecule has 0 saturated carbocycles. The van der Waals surface area contributed by atoms with E-state index in [9.17, 15) is 4.79 Å². The molecule has 3 aromatic rings. The molecule has 9 heteroatoms. The Labute approximate surface area is 222 Å². The highest BCUT2D eigenvalue weighted by molar-refractivity contribution is 7.80. The summed E-state index contributed by atoms with van der Waals surface area (Å²) in [4.78, 5) is 17.9. The van der Waals surface area contributed by atoms with Crippen LogP contribution >= 0.6 is 12.2 Å². The van der Waals surface area contributed by atoms with Gasteiger partial charge in [-0.1, -0.05) is 6.07 Å². The summed E-state index contributed by atoms with van der Waals surface area (Å²) in [5, 5.41) is 4.89. The molecular formula is C28H35N3O5S. The highest BCUT2D eigenvalue weighted by Crippen LogP contribution is 2.27. The van der Waals surface area contributed by atoms with Gasteiger partial charge >= 0.3 is 0 Å². The van der Waals surface area contributed by atoms with E-state index in [1.54, 1.807) is 14.2 Å². The SMILES string of the molecule is CCOc1ccc2[nH]c(=O)c(CN(C[C@@H]3CCCO3)C(=S)NCCc3ccc(OC)c(OC)c3)cc2c1. The first-order valence-corrected chi connectivity index (χ1v) is 13.1. The van der Waals surface area contributed by atoms with Crippen molar-refractivity contribution in [2.45, 2.75) is 38.8 Å². The Balaban J connectivity index is 1.47. The minimum Gasteiger partial charge on any atom is -0.494 e. The van der Waals surface area contributed by atoms with Crippen LogP contribution in [0.4, 0.5) is 0 Å². The molecule has 1 aromatic heterocycles. The van der Waals surface area contributed by atoms with E-state index in [2.05, 4.69) is 10.3 Å². The minimum atomic E-state index is -0.123. The zero-order valence-electron chi connectivity index (χ0n) is 21.7. The van der Waals surface area contributed by atoms with E-state index in [0.29, 0.717) is 48.4 Å². The molecule has 4 rings (SSSR count). The van der Waals surface area contributed by atoms with Crippen molar-refractivity contribution in [3.05, 3.63) is 63.9 Å². The molecule has 0 bridgehead atoms. The molecular weight excluding hydrogens is 490 g/mol. The van der Waals surface area contributed by atoms with Gasteiger partial charge in [0.2, 0.25) is 0 Å². The zero-order chi connectivity index (χ0) is 26.2. The van der Waals surface area contributed by atoms with Crippen molar-refractivity contribution in [2.75, 3.05) is 40.5 Å². The Morgan fingerprint density at radius 2 is 2.00 bits per heavy atom. The summed E-state index contributed by atoms with van der Waals surface area (Å²) in [6.07, 6.45) is 2.87. The number of fused-ring (bicyclic) bond motifs is 1. The molecule has 198 valence electrons. The van der Waals surface area contributed by atoms with Crippen molar-refractivity contribution in [1.29, 1.82) is 0 Å². The number of benzene rings is 2. The van der Waals surface area contributed by atoms with Gasteiger partial charge in [0.25, 0.3) is 5.56 Å². The van der Waals surface area contributed by atoms with Gasteiger partial charge in [0.15, 0.2) is 16.6 Å². The molecule has 2 aromatic carbocycles. The highest BCUT2D eigenvalue weighted by Gasteiger charge is 2.22. The number of H-pyrrole nitrogens is 1. The van der Waals surface area contributed by atoms with Crippen LogP contribution in [0.25, 0.3) is 10.9 Å². The van der Waals surface area contributed by atoms with E-state index in [-0.39, 0.29) is 11.7 Å². The summed E-state index contributed by atoms with van der Waals surface area (Å²) in [5.74, 6) is 2.17. The number of methoxy groups -OCH3 is 2. The van der Waals surface area contributed by atoms with Crippen molar-refractivity contribution in [3.8, 4) is 17.2 Å². The van der Waals surface area contributed by atoms with Crippen molar-refractivity contribution in [2.24, 2.45) is 0 Å². The summed E-state index contributed by atoms with van der Waals surface area (Å²) >= 11 is 5.79. The quantitative estimate of drug-likeness (QED) is 0.363. The van der Waals surface area contributed by atoms with Crippen molar-refractivity contribution in [1.82, 2.24) is 15.2 Å². The number of nitrogens with one attached hydrogen (secondary N) is 2. The monoisotopic (exact) mass is 525 g/mol. The first-order valence-electron chi connectivity index (χ1n) is 12.6. The largest absolute Gasteiger partial charge is 0.494 e. The fraction of sp³-hybridized carbons (Fsp3) is 0.429. The van der Waals surface area contributed by atoms with Crippen LogP contribution in [0.2, 0.25) is 0 Å². The average Bonchev–Trinajstić information content (AvgIpc) is 3.42. The van der Waals surface area contributed by atoms with Gasteiger partial charge in [0.05, 0.1) is 33.5 Å². The van der Waals surface area contributed by atoms with Gasteiger partial charge in [-0.3, -0.25) is 4.79 Å². The molecule has 0 radical (unpaired) electrons. The Kier molecular flexibility index (Phi) is 9.24. The summed E-state index contributed by atoms with van der Waals surface area (Å²) in [5.41, 5.74) is 2.40. The van der Waals surface area contributed by atoms with Gasteiger partial charge in [0, 0.05) is 36.2 Å². The standard InChI is InChI=1S/C28H35N3O5S/c1-4-35-22-8-9-24-20(16-22)15-21(27(32)30-24)17-31(18-23-6-5-13-36-23)28(37)29-12-11-19-7-10-25(33-2)26(14-19)34-3/h7-10,14-16,23H,4-6,11-13,17-18H2,1-3H3,(H,29,37)(H,30,32)/t23-/m0/s1. The van der Waals surface area contributed by atoms with E-state index in [1.807, 2.05) is 54.3 Å². The number of hydrogen-bond acceptors (Lipinski definition) is 6. The number of ether oxygens (including phenoxy) is 4. The third kappa shape index (κ3) is 6.93. The molecule has 1 aliphatic heterocycles. The predicted octanol–water partition coefficient (Wildman–Crippen LogP) is 4.04. The Morgan fingerprint density at radius 3 is 2.73 bits per heavy atom. The molecule has 0 aliphatic carbocycles. The third-order valence-corrected chi connectivity index (χ3v) is 6.84. The lowest BCUT2D eigenvalue weighted by Crippen LogP contribution is -2.44. The number of nitrogens with zero attached hydrogens (tertiary/aromatic N) is 1. The molecule has 1 fully saturated rings. The molecule has 1 atom stereocenters. The fourth-order valence-electron chi connectivity index (χ4n) is 4.52. The molecule has 37 heavy (non-hydrogen) atoms. The molecule has 8 nitrogen and oxygen atoms in total. The Morgan fingerprint density at radius 1 is 1.16 bits per heavy atom. The maximum Gasteiger partial charge on any atom is 0.253 e. The average molecular weight is 526 g/mol. The number of rotatable bonds is 11. The van der Waals surface area contributed by atoms with E-state index < -0.39 is 0 Å². The number of thiocarbonyl (C=S) groups is 1. The second-order valence-electron chi connectivity index (χ2n) is 8.99. The molecule has 2 N–H and O–H groups in total. The van der Waals surface area contributed by atoms with Crippen LogP contribution < -0.4 is 25.1 Å². The van der Waals surface area contributed by atoms with Crippen molar-refractivity contribution >= 4 is 28.2 Å². The second kappa shape index (κ2) is 12.8. The van der Waals surface area contributed by atoms with E-state index in [4.69, 9.17) is 31.2 Å². The summed E-state index contributed by atoms with van der Waals surface area (Å²) in [7, 11) is 3.25. The summed E-state index contributed by atoms with van der Waals surface area (Å²) in [6, 6.07) is 13.5. The maximum atomic E-state index is 12.9. The van der Waals surface area contributed by atoms with Gasteiger partial charge in [-0.05, 0) is 80.4 Å². The van der Waals surface area contributed by atoms with E-state index in [0.717, 1.165) is 48.1 Å². The highest BCUT2D eigenvalue weighted by atomic mass is 32.1. The number of hydrogen-bond donors (Lipinski definition) is 2.